The fourth-order valence-electron chi connectivity index (χ4n) is 15.3. The van der Waals surface area contributed by atoms with Crippen molar-refractivity contribution in [2.75, 3.05) is 0 Å². The Bertz CT molecular complexity index is 6700. The largest absolute Gasteiger partial charge is 1.00 e. The van der Waals surface area contributed by atoms with Gasteiger partial charge in [-0.15, -0.1) is 0 Å². The van der Waals surface area contributed by atoms with E-state index in [0.717, 1.165) is 44.1 Å². The summed E-state index contributed by atoms with van der Waals surface area (Å²) in [4.78, 5) is 31.5. The maximum Gasteiger partial charge on any atom is 1.00 e. The van der Waals surface area contributed by atoms with E-state index in [2.05, 4.69) is 240 Å². The van der Waals surface area contributed by atoms with Crippen molar-refractivity contribution in [1.82, 2.24) is 48.3 Å². The average molecular weight is 1340 g/mol. The average Bonchev–Trinajstić information content (AvgIpc) is 1.55. The summed E-state index contributed by atoms with van der Waals surface area (Å²) >= 11 is 5.99. The summed E-state index contributed by atoms with van der Waals surface area (Å²) in [5, 5.41) is 15.4. The molecule has 0 aliphatic rings. The number of rotatable bonds is 7. The number of para-hydroxylation sites is 6. The van der Waals surface area contributed by atoms with Gasteiger partial charge in [-0.05, 0) is 119 Å². The number of halogens is 1. The molecule has 0 saturated heterocycles. The molecule has 1 N–H and O–H groups in total. The molecule has 22 rings (SSSR count). The normalized spacial score (nSPS) is 11.7. The van der Waals surface area contributed by atoms with Crippen LogP contribution in [0.2, 0.25) is 5.28 Å². The Kier molecular flexibility index (Phi) is 14.8. The second-order valence-corrected chi connectivity index (χ2v) is 25.9. The summed E-state index contributed by atoms with van der Waals surface area (Å²) in [5.41, 5.74) is 20.7. The number of hydrogen-bond donors (Lipinski definition) is 1. The molecule has 10 nitrogen and oxygen atoms in total. The predicted octanol–water partition coefficient (Wildman–Crippen LogP) is 20.5. The second kappa shape index (κ2) is 24.8. The van der Waals surface area contributed by atoms with Gasteiger partial charge in [0.1, 0.15) is 0 Å². The first-order chi connectivity index (χ1) is 50.0. The van der Waals surface area contributed by atoms with Crippen LogP contribution in [0.5, 0.6) is 0 Å². The molecule has 476 valence electrons. The predicted molar refractivity (Wildman–Crippen MR) is 420 cm³/mol. The maximum absolute atomic E-state index is 5.99. The van der Waals surface area contributed by atoms with Gasteiger partial charge >= 0.3 is 29.6 Å². The van der Waals surface area contributed by atoms with Crippen LogP contribution in [0.15, 0.2) is 328 Å². The van der Waals surface area contributed by atoms with E-state index >= 15 is 0 Å². The molecule has 22 aromatic rings. The van der Waals surface area contributed by atoms with Crippen molar-refractivity contribution >= 4 is 131 Å². The zero-order chi connectivity index (χ0) is 66.7. The van der Waals surface area contributed by atoms with Crippen LogP contribution in [0.25, 0.3) is 194 Å². The summed E-state index contributed by atoms with van der Waals surface area (Å²) in [5.74, 6) is 3.04. The Hall–Kier alpha value is -12.4. The number of aromatic nitrogens is 10. The van der Waals surface area contributed by atoms with Gasteiger partial charge in [0.15, 0.2) is 23.3 Å². The van der Waals surface area contributed by atoms with Crippen LogP contribution in [-0.4, -0.2) is 48.3 Å². The summed E-state index contributed by atoms with van der Waals surface area (Å²) in [6.07, 6.45) is 0. The molecular weight excluding hydrogens is 1280 g/mol. The van der Waals surface area contributed by atoms with Crippen LogP contribution >= 0.6 is 11.6 Å². The van der Waals surface area contributed by atoms with E-state index in [1.807, 2.05) is 121 Å². The molecule has 0 saturated carbocycles. The minimum Gasteiger partial charge on any atom is -1.00 e. The molecule has 0 bridgehead atoms. The van der Waals surface area contributed by atoms with E-state index in [0.29, 0.717) is 29.2 Å². The zero-order valence-electron chi connectivity index (χ0n) is 56.1. The Labute approximate surface area is 614 Å². The molecule has 0 spiro atoms. The number of H-pyrrole nitrogens is 1. The van der Waals surface area contributed by atoms with Crippen molar-refractivity contribution in [3.05, 3.63) is 333 Å². The first-order valence-corrected chi connectivity index (χ1v) is 34.2. The van der Waals surface area contributed by atoms with Gasteiger partial charge in [-0.2, -0.15) is 19.9 Å². The molecule has 0 aliphatic heterocycles. The van der Waals surface area contributed by atoms with Gasteiger partial charge in [0, 0.05) is 99.3 Å². The molecule has 0 unspecified atom stereocenters. The number of nitrogens with zero attached hydrogens (tertiary/aromatic N) is 9. The number of benzene rings is 14. The summed E-state index contributed by atoms with van der Waals surface area (Å²) in [6.45, 7) is 0. The molecule has 0 fully saturated rings. The van der Waals surface area contributed by atoms with E-state index in [1.54, 1.807) is 0 Å². The van der Waals surface area contributed by atoms with Crippen LogP contribution in [0.1, 0.15) is 2.85 Å². The third-order valence-electron chi connectivity index (χ3n) is 19.8. The second-order valence-electron chi connectivity index (χ2n) is 25.6. The monoisotopic (exact) mass is 1340 g/mol. The topological polar surface area (TPSA) is 107 Å². The van der Waals surface area contributed by atoms with Crippen molar-refractivity contribution in [1.29, 1.82) is 0 Å². The van der Waals surface area contributed by atoms with Gasteiger partial charge in [-0.25, -0.2) is 9.97 Å². The Morgan fingerprint density at radius 2 is 0.549 bits per heavy atom. The van der Waals surface area contributed by atoms with E-state index in [9.17, 15) is 0 Å². The molecule has 8 heterocycles. The molecule has 0 radical (unpaired) electrons. The van der Waals surface area contributed by atoms with E-state index in [4.69, 9.17) is 26.6 Å². The van der Waals surface area contributed by atoms with E-state index in [1.165, 1.54) is 120 Å². The van der Waals surface area contributed by atoms with Crippen molar-refractivity contribution in [2.24, 2.45) is 0 Å². The van der Waals surface area contributed by atoms with Crippen LogP contribution in [-0.2, 0) is 0 Å². The van der Waals surface area contributed by atoms with Crippen LogP contribution in [0.4, 0.5) is 0 Å². The minimum atomic E-state index is 0. The number of hydrogen-bond acceptors (Lipinski definition) is 6. The Morgan fingerprint density at radius 1 is 0.245 bits per heavy atom. The van der Waals surface area contributed by atoms with Crippen molar-refractivity contribution in [2.45, 2.75) is 0 Å². The fraction of sp³-hybridized carbons (Fsp3) is 0. The summed E-state index contributed by atoms with van der Waals surface area (Å²) in [6, 6.07) is 115. The quantitative estimate of drug-likeness (QED) is 0.159. The zero-order valence-corrected chi connectivity index (χ0v) is 57.8. The Balaban J connectivity index is 0.000000127. The van der Waals surface area contributed by atoms with Gasteiger partial charge in [-0.3, -0.25) is 4.57 Å². The molecule has 0 amide bonds. The molecular formula is C90H58ClN10Na. The van der Waals surface area contributed by atoms with Crippen molar-refractivity contribution < 1.29 is 32.4 Å². The van der Waals surface area contributed by atoms with Crippen LogP contribution in [0.3, 0.4) is 0 Å². The maximum atomic E-state index is 5.99. The van der Waals surface area contributed by atoms with E-state index < -0.39 is 0 Å². The first kappa shape index (κ1) is 60.7. The third-order valence-corrected chi connectivity index (χ3v) is 20.0. The minimum absolute atomic E-state index is 0. The molecule has 14 aromatic carbocycles. The smallest absolute Gasteiger partial charge is 1.00 e. The van der Waals surface area contributed by atoms with Gasteiger partial charge in [0.25, 0.3) is 0 Å². The van der Waals surface area contributed by atoms with Gasteiger partial charge in [0.05, 0.1) is 44.1 Å². The molecule has 12 heteroatoms. The van der Waals surface area contributed by atoms with Crippen LogP contribution in [0, 0.1) is 0 Å². The van der Waals surface area contributed by atoms with E-state index in [-0.39, 0.29) is 37.7 Å². The summed E-state index contributed by atoms with van der Waals surface area (Å²) < 4.78 is 7.04. The fourth-order valence-corrected chi connectivity index (χ4v) is 15.5. The molecule has 102 heavy (non-hydrogen) atoms. The third kappa shape index (κ3) is 10.1. The van der Waals surface area contributed by atoms with Crippen LogP contribution < -0.4 is 29.6 Å². The van der Waals surface area contributed by atoms with Gasteiger partial charge < -0.3 is 15.2 Å². The number of nitrogens with one attached hydrogen (secondary N) is 1. The summed E-state index contributed by atoms with van der Waals surface area (Å²) in [7, 11) is 0. The molecule has 0 aliphatic carbocycles. The number of aromatic amines is 1. The number of fused-ring (bicyclic) bond motifs is 18. The standard InChI is InChI=1S/C45H27N5.C30H18N2.C15H10ClN3.Na.H2.H/c1-3-13-28(14-4-1)43-46-44(29-15-5-2-6-16-29)48-45(47-43)50-40-22-12-7-17-32(40)35-25-30(23-24-41(35)50)31-26-36-33-18-8-10-20-38(33)49-39-21-11-9-19-34(39)37(27-31)42(36)49;1-4-10-26-20(7-1)23-15-18(13-14-27(23)31-26)19-16-24-21-8-2-5-11-28(21)32-29-12-6-3-9-22(29)25(17-19)30(24)32;16-15-18-13(11-7-3-1-4-8-11)17-14(19-15)12-9-5-2-6-10-12;;;/h1-27H;1-17,31H;1-10H;;1H;/q;;;+1;;-1/i;;;;1+1;. The van der Waals surface area contributed by atoms with Gasteiger partial charge in [-0.1, -0.05) is 243 Å². The van der Waals surface area contributed by atoms with Crippen molar-refractivity contribution in [3.8, 4) is 73.8 Å². The first-order valence-electron chi connectivity index (χ1n) is 33.8. The SMILES string of the molecule is Clc1nc(-c2ccccc2)nc(-c2ccccc2)n1.[2HH].[H-].[Na+].c1ccc(-c2nc(-c3ccccc3)nc(-n3c4ccccc4c4cc(-c5cc6c7ccccc7n7c8ccccc8c(c5)c67)ccc43)n2)cc1.c1ccc2c(c1)[nH]c1ccc(-c3cc4c5ccccc5n5c6ccccc6c(c3)c45)cc12. The van der Waals surface area contributed by atoms with Crippen molar-refractivity contribution in [3.63, 3.8) is 0 Å². The Morgan fingerprint density at radius 3 is 0.971 bits per heavy atom. The molecule has 0 atom stereocenters. The van der Waals surface area contributed by atoms with Gasteiger partial charge in [0.2, 0.25) is 11.2 Å². The molecule has 8 aromatic heterocycles.